The van der Waals surface area contributed by atoms with E-state index in [0.29, 0.717) is 85.8 Å². The summed E-state index contributed by atoms with van der Waals surface area (Å²) in [6, 6.07) is 23.5. The fourth-order valence-corrected chi connectivity index (χ4v) is 11.0. The first-order valence-corrected chi connectivity index (χ1v) is 32.6. The van der Waals surface area contributed by atoms with Crippen LogP contribution in [0.5, 0.6) is 11.5 Å². The number of hydrogen-bond donors (Lipinski definition) is 4. The van der Waals surface area contributed by atoms with Gasteiger partial charge in [0.15, 0.2) is 6.79 Å². The predicted octanol–water partition coefficient (Wildman–Crippen LogP) is 7.91. The summed E-state index contributed by atoms with van der Waals surface area (Å²) in [7, 11) is -2.56. The average Bonchev–Trinajstić information content (AvgIpc) is 4.00. The first kappa shape index (κ1) is 51.5. The Labute approximate surface area is 423 Å². The van der Waals surface area contributed by atoms with Crippen molar-refractivity contribution in [1.29, 1.82) is 0 Å². The Balaban J connectivity index is 0.000000187. The summed E-state index contributed by atoms with van der Waals surface area (Å²) < 4.78 is 28.9. The highest BCUT2D eigenvalue weighted by Crippen LogP contribution is 2.32. The Hall–Kier alpha value is -6.43. The minimum absolute atomic E-state index is 0.0202. The molecule has 10 rings (SSSR count). The first-order chi connectivity index (χ1) is 34.8. The fourth-order valence-electron chi connectivity index (χ4n) is 9.48. The summed E-state index contributed by atoms with van der Waals surface area (Å²) in [6.07, 6.45) is 0.912. The molecule has 4 aromatic carbocycles. The zero-order valence-corrected chi connectivity index (χ0v) is 45.2. The molecule has 386 valence electrons. The lowest BCUT2D eigenvalue weighted by molar-refractivity contribution is 0.0228. The van der Waals surface area contributed by atoms with Gasteiger partial charge in [0.2, 0.25) is 0 Å². The molecule has 0 aliphatic carbocycles. The fraction of sp³-hybridized carbons (Fsp3) is 0.434. The smallest absolute Gasteiger partial charge is 0.279 e. The van der Waals surface area contributed by atoms with E-state index < -0.39 is 22.2 Å². The molecule has 0 amide bonds. The standard InChI is InChI=1S/C30H44N4O6Si2.C23H23N5O3/c1-21(18-35)34-29(36)23-11-8-10-22(26(23)32-34)27-30(37)33(19-38-14-16-41(2,3)4)24-12-9-13-25(28(24)31-27)40-20-39-15-17-42(5,6)7;1-12-9-14-11-27(12)10-13(2)28-23(30)16-6-3-5-15(19(16)26-28)20-22(29)24-17-7-4-8-18(31-14)21(17)25-20/h8-13,21,32,35H,14-20H2,1-7H3;3-8,12-14,26H,9-11H2,1-2H3,(H,24,29)/t21-;12-,13+,14?/m01/s1. The number of aromatic amines is 3. The number of aromatic nitrogens is 8. The van der Waals surface area contributed by atoms with Crippen LogP contribution in [0.2, 0.25) is 51.4 Å². The molecule has 0 saturated carbocycles. The number of H-pyrrole nitrogens is 3. The number of aliphatic hydroxyl groups excluding tert-OH is 1. The SMILES string of the molecule is C[C@@H](CO)n1[nH]c2c(-c3nc4c(OCOCC[Si](C)(C)C)cccc4n(COCC[Si](C)(C)C)c3=O)cccc2c1=O.C[C@@H]1CC2CN1C[C@H](C)n1[nH]c3c(cccc3c1=O)-c1nc3c(cccc3[nH]c1=O)O2. The molecule has 5 atom stereocenters. The van der Waals surface area contributed by atoms with Gasteiger partial charge < -0.3 is 29.0 Å². The van der Waals surface area contributed by atoms with Gasteiger partial charge in [-0.25, -0.2) is 19.3 Å². The highest BCUT2D eigenvalue weighted by molar-refractivity contribution is 6.76. The summed E-state index contributed by atoms with van der Waals surface area (Å²) in [6.45, 7) is 22.3. The number of fused-ring (bicyclic) bond motifs is 7. The van der Waals surface area contributed by atoms with Crippen molar-refractivity contribution >= 4 is 60.0 Å². The minimum atomic E-state index is -1.33. The van der Waals surface area contributed by atoms with Crippen molar-refractivity contribution in [1.82, 2.24) is 44.0 Å². The molecule has 1 fully saturated rings. The molecule has 2 aliphatic heterocycles. The van der Waals surface area contributed by atoms with Crippen LogP contribution < -0.4 is 31.7 Å². The number of rotatable bonds is 14. The number of hydrogen-bond acceptors (Lipinski definition) is 12. The average molecular weight is 1030 g/mol. The van der Waals surface area contributed by atoms with E-state index in [9.17, 15) is 24.3 Å². The van der Waals surface area contributed by atoms with E-state index in [0.717, 1.165) is 31.6 Å². The molecule has 8 aromatic rings. The maximum Gasteiger partial charge on any atom is 0.279 e. The molecule has 4 N–H and O–H groups in total. The minimum Gasteiger partial charge on any atom is -0.487 e. The molecule has 2 unspecified atom stereocenters. The van der Waals surface area contributed by atoms with Gasteiger partial charge in [-0.15, -0.1) is 0 Å². The Kier molecular flexibility index (Phi) is 14.7. The number of ether oxygens (including phenoxy) is 4. The number of benzene rings is 4. The molecule has 2 aliphatic rings. The second-order valence-corrected chi connectivity index (χ2v) is 33.1. The lowest BCUT2D eigenvalue weighted by Gasteiger charge is -2.25. The van der Waals surface area contributed by atoms with Gasteiger partial charge in [-0.2, -0.15) is 0 Å². The van der Waals surface area contributed by atoms with Crippen LogP contribution in [0.4, 0.5) is 0 Å². The van der Waals surface area contributed by atoms with Gasteiger partial charge in [0.25, 0.3) is 22.2 Å². The van der Waals surface area contributed by atoms with Crippen LogP contribution in [-0.4, -0.2) is 117 Å². The lowest BCUT2D eigenvalue weighted by atomic mass is 10.1. The van der Waals surface area contributed by atoms with Gasteiger partial charge in [-0.05, 0) is 69.3 Å². The quantitative estimate of drug-likeness (QED) is 0.0464. The Bertz CT molecular complexity index is 3570. The lowest BCUT2D eigenvalue weighted by Crippen LogP contribution is -2.36. The van der Waals surface area contributed by atoms with Gasteiger partial charge >= 0.3 is 0 Å². The van der Waals surface area contributed by atoms with Gasteiger partial charge in [0.05, 0.1) is 51.5 Å². The van der Waals surface area contributed by atoms with Crippen molar-refractivity contribution in [2.24, 2.45) is 0 Å². The maximum atomic E-state index is 14.0. The van der Waals surface area contributed by atoms with E-state index in [1.165, 1.54) is 4.68 Å². The van der Waals surface area contributed by atoms with E-state index in [-0.39, 0.29) is 65.9 Å². The second-order valence-electron chi connectivity index (χ2n) is 21.9. The summed E-state index contributed by atoms with van der Waals surface area (Å²) in [4.78, 5) is 68.1. The van der Waals surface area contributed by atoms with Crippen LogP contribution in [0.25, 0.3) is 66.4 Å². The zero-order chi connectivity index (χ0) is 51.9. The molecule has 6 bridgehead atoms. The van der Waals surface area contributed by atoms with Crippen molar-refractivity contribution in [2.45, 2.75) is 110 Å². The highest BCUT2D eigenvalue weighted by atomic mass is 28.3. The van der Waals surface area contributed by atoms with Crippen LogP contribution in [0.1, 0.15) is 39.3 Å². The van der Waals surface area contributed by atoms with Crippen molar-refractivity contribution in [2.75, 3.05) is 39.7 Å². The summed E-state index contributed by atoms with van der Waals surface area (Å²) >= 11 is 0. The molecule has 0 radical (unpaired) electrons. The van der Waals surface area contributed by atoms with E-state index in [1.54, 1.807) is 46.5 Å². The molecule has 20 heteroatoms. The topological polar surface area (TPSA) is 217 Å². The number of nitrogens with one attached hydrogen (secondary N) is 3. The van der Waals surface area contributed by atoms with Crippen molar-refractivity contribution in [3.05, 3.63) is 114 Å². The Morgan fingerprint density at radius 3 is 2.10 bits per heavy atom. The van der Waals surface area contributed by atoms with Crippen molar-refractivity contribution in [3.8, 4) is 34.0 Å². The summed E-state index contributed by atoms with van der Waals surface area (Å²) in [5.74, 6) is 1.15. The molecule has 4 aromatic heterocycles. The first-order valence-electron chi connectivity index (χ1n) is 25.1. The van der Waals surface area contributed by atoms with Gasteiger partial charge in [-0.1, -0.05) is 75.7 Å². The Morgan fingerprint density at radius 2 is 1.38 bits per heavy atom. The van der Waals surface area contributed by atoms with E-state index >= 15 is 0 Å². The molecular formula is C53H67N9O9Si2. The molecule has 1 saturated heterocycles. The van der Waals surface area contributed by atoms with Crippen molar-refractivity contribution in [3.63, 3.8) is 0 Å². The largest absolute Gasteiger partial charge is 0.487 e. The summed E-state index contributed by atoms with van der Waals surface area (Å²) in [5, 5.41) is 17.0. The molecule has 18 nitrogen and oxygen atoms in total. The third-order valence-corrected chi connectivity index (χ3v) is 17.2. The van der Waals surface area contributed by atoms with E-state index in [2.05, 4.69) is 66.3 Å². The number of para-hydroxylation sites is 4. The van der Waals surface area contributed by atoms with Crippen LogP contribution in [0.15, 0.2) is 92.0 Å². The zero-order valence-electron chi connectivity index (χ0n) is 43.2. The van der Waals surface area contributed by atoms with Gasteiger partial charge in [-0.3, -0.25) is 38.8 Å². The van der Waals surface area contributed by atoms with Crippen LogP contribution >= 0.6 is 0 Å². The second kappa shape index (κ2) is 20.8. The van der Waals surface area contributed by atoms with Gasteiger partial charge in [0.1, 0.15) is 46.8 Å². The summed E-state index contributed by atoms with van der Waals surface area (Å²) in [5.41, 5.74) is 3.97. The third-order valence-electron chi connectivity index (χ3n) is 13.7. The third kappa shape index (κ3) is 10.8. The van der Waals surface area contributed by atoms with Crippen LogP contribution in [0.3, 0.4) is 0 Å². The molecule has 6 heterocycles. The van der Waals surface area contributed by atoms with Gasteiger partial charge in [0, 0.05) is 66.0 Å². The normalized spacial score (nSPS) is 18.3. The number of aliphatic hydroxyl groups is 1. The molecule has 0 spiro atoms. The maximum absolute atomic E-state index is 14.0. The molecule has 73 heavy (non-hydrogen) atoms. The van der Waals surface area contributed by atoms with E-state index in [1.807, 2.05) is 49.4 Å². The predicted molar refractivity (Wildman–Crippen MR) is 292 cm³/mol. The Morgan fingerprint density at radius 1 is 0.740 bits per heavy atom. The van der Waals surface area contributed by atoms with Crippen LogP contribution in [0, 0.1) is 0 Å². The van der Waals surface area contributed by atoms with Crippen LogP contribution in [-0.2, 0) is 16.2 Å². The molecular weight excluding hydrogens is 963 g/mol. The monoisotopic (exact) mass is 1030 g/mol. The highest BCUT2D eigenvalue weighted by Gasteiger charge is 2.33. The number of nitrogens with zero attached hydrogens (tertiary/aromatic N) is 6. The van der Waals surface area contributed by atoms with E-state index in [4.69, 9.17) is 28.9 Å². The van der Waals surface area contributed by atoms with Crippen molar-refractivity contribution < 1.29 is 24.1 Å².